The summed E-state index contributed by atoms with van der Waals surface area (Å²) in [6.07, 6.45) is -0.326. The molecule has 0 aliphatic rings. The minimum Gasteiger partial charge on any atom is -0.375 e. The number of hydrogen-bond donors (Lipinski definition) is 1. The molecule has 0 aliphatic carbocycles. The molecule has 2 nitrogen and oxygen atoms in total. The fraction of sp³-hybridized carbons (Fsp3) is 0.400. The van der Waals surface area contributed by atoms with Gasteiger partial charge in [0.1, 0.15) is 5.82 Å². The first-order chi connectivity index (χ1) is 7.10. The van der Waals surface area contributed by atoms with Crippen LogP contribution >= 0.6 is 27.9 Å². The van der Waals surface area contributed by atoms with Gasteiger partial charge in [-0.25, -0.2) is 4.39 Å². The van der Waals surface area contributed by atoms with E-state index in [1.807, 2.05) is 6.92 Å². The van der Waals surface area contributed by atoms with Crippen LogP contribution in [0.4, 0.5) is 4.39 Å². The predicted molar refractivity (Wildman–Crippen MR) is 65.1 cm³/mol. The van der Waals surface area contributed by atoms with Gasteiger partial charge in [-0.05, 0) is 19.1 Å². The Bertz CT molecular complexity index is 337. The molecule has 0 saturated heterocycles. The molecule has 0 aliphatic heterocycles. The number of rotatable bonds is 4. The lowest BCUT2D eigenvalue weighted by Crippen LogP contribution is -2.17. The highest BCUT2D eigenvalue weighted by Crippen LogP contribution is 2.29. The normalized spacial score (nSPS) is 15.0. The van der Waals surface area contributed by atoms with E-state index in [0.717, 1.165) is 11.9 Å². The summed E-state index contributed by atoms with van der Waals surface area (Å²) in [4.78, 5) is 0. The van der Waals surface area contributed by atoms with Gasteiger partial charge < -0.3 is 4.74 Å². The first kappa shape index (κ1) is 13.0. The maximum absolute atomic E-state index is 13.6. The van der Waals surface area contributed by atoms with E-state index in [0.29, 0.717) is 10.0 Å². The van der Waals surface area contributed by atoms with Gasteiger partial charge in [-0.15, -0.1) is 0 Å². The lowest BCUT2D eigenvalue weighted by Gasteiger charge is -2.21. The number of halogens is 2. The highest BCUT2D eigenvalue weighted by Gasteiger charge is 2.21. The Kier molecular flexibility index (Phi) is 5.05. The number of ether oxygens (including phenoxy) is 1. The molecule has 15 heavy (non-hydrogen) atoms. The van der Waals surface area contributed by atoms with Gasteiger partial charge in [0.2, 0.25) is 0 Å². The summed E-state index contributed by atoms with van der Waals surface area (Å²) in [5.41, 5.74) is 0.533. The molecule has 0 fully saturated rings. The third-order valence-electron chi connectivity index (χ3n) is 2.16. The van der Waals surface area contributed by atoms with E-state index in [2.05, 4.69) is 15.9 Å². The van der Waals surface area contributed by atoms with Crippen LogP contribution < -0.4 is 5.14 Å². The summed E-state index contributed by atoms with van der Waals surface area (Å²) < 4.78 is 19.6. The topological polar surface area (TPSA) is 35.2 Å². The maximum atomic E-state index is 13.6. The van der Waals surface area contributed by atoms with Crippen molar-refractivity contribution in [1.82, 2.24) is 0 Å². The van der Waals surface area contributed by atoms with Crippen molar-refractivity contribution < 1.29 is 9.13 Å². The van der Waals surface area contributed by atoms with Gasteiger partial charge in [0.05, 0.1) is 6.10 Å². The molecule has 0 saturated carbocycles. The average molecular weight is 294 g/mol. The van der Waals surface area contributed by atoms with Crippen molar-refractivity contribution in [3.05, 3.63) is 34.1 Å². The smallest absolute Gasteiger partial charge is 0.130 e. The Balaban J connectivity index is 3.01. The van der Waals surface area contributed by atoms with Crippen molar-refractivity contribution in [2.45, 2.75) is 18.3 Å². The monoisotopic (exact) mass is 293 g/mol. The van der Waals surface area contributed by atoms with Gasteiger partial charge in [0, 0.05) is 22.4 Å². The lowest BCUT2D eigenvalue weighted by molar-refractivity contribution is 0.101. The molecule has 0 radical (unpaired) electrons. The van der Waals surface area contributed by atoms with Gasteiger partial charge in [-0.3, -0.25) is 5.14 Å². The molecule has 2 N–H and O–H groups in total. The zero-order valence-corrected chi connectivity index (χ0v) is 10.9. The van der Waals surface area contributed by atoms with Crippen molar-refractivity contribution in [1.29, 1.82) is 0 Å². The lowest BCUT2D eigenvalue weighted by atomic mass is 10.1. The second-order valence-corrected chi connectivity index (χ2v) is 5.09. The Morgan fingerprint density at radius 1 is 1.53 bits per heavy atom. The molecule has 0 aromatic heterocycles. The summed E-state index contributed by atoms with van der Waals surface area (Å²) in [6, 6.07) is 4.92. The quantitative estimate of drug-likeness (QED) is 0.866. The molecule has 0 heterocycles. The van der Waals surface area contributed by atoms with Crippen LogP contribution in [0.1, 0.15) is 18.6 Å². The van der Waals surface area contributed by atoms with Gasteiger partial charge in [0.15, 0.2) is 0 Å². The molecule has 2 atom stereocenters. The molecule has 1 aromatic carbocycles. The molecule has 0 bridgehead atoms. The summed E-state index contributed by atoms with van der Waals surface area (Å²) in [5.74, 6) is -0.280. The molecule has 2 unspecified atom stereocenters. The van der Waals surface area contributed by atoms with E-state index in [9.17, 15) is 4.39 Å². The predicted octanol–water partition coefficient (Wildman–Crippen LogP) is 3.27. The minimum absolute atomic E-state index is 0.00526. The molecule has 1 aromatic rings. The Hall–Kier alpha value is -0.100. The zero-order chi connectivity index (χ0) is 11.4. The Morgan fingerprint density at radius 3 is 2.67 bits per heavy atom. The minimum atomic E-state index is -0.326. The van der Waals surface area contributed by atoms with Gasteiger partial charge >= 0.3 is 0 Å². The molecule has 5 heteroatoms. The van der Waals surface area contributed by atoms with Crippen LogP contribution in [0.25, 0.3) is 0 Å². The van der Waals surface area contributed by atoms with Gasteiger partial charge in [-0.2, -0.15) is 0 Å². The Morgan fingerprint density at radius 2 is 2.20 bits per heavy atom. The second kappa shape index (κ2) is 5.84. The van der Waals surface area contributed by atoms with Crippen molar-refractivity contribution in [2.75, 3.05) is 7.11 Å². The Labute approximate surface area is 102 Å². The van der Waals surface area contributed by atoms with E-state index in [1.165, 1.54) is 6.07 Å². The van der Waals surface area contributed by atoms with E-state index >= 15 is 0 Å². The van der Waals surface area contributed by atoms with Crippen molar-refractivity contribution in [2.24, 2.45) is 5.14 Å². The van der Waals surface area contributed by atoms with Crippen LogP contribution in [0.15, 0.2) is 22.7 Å². The number of benzene rings is 1. The summed E-state index contributed by atoms with van der Waals surface area (Å²) >= 11 is 4.37. The molecule has 1 rings (SSSR count). The third kappa shape index (κ3) is 3.17. The summed E-state index contributed by atoms with van der Waals surface area (Å²) in [6.45, 7) is 1.90. The highest BCUT2D eigenvalue weighted by atomic mass is 79.9. The fourth-order valence-electron chi connectivity index (χ4n) is 1.38. The van der Waals surface area contributed by atoms with E-state index in [1.54, 1.807) is 19.2 Å². The van der Waals surface area contributed by atoms with Gasteiger partial charge in [-0.1, -0.05) is 33.9 Å². The first-order valence-corrected chi connectivity index (χ1v) is 6.17. The number of methoxy groups -OCH3 is 1. The van der Waals surface area contributed by atoms with Crippen molar-refractivity contribution in [3.8, 4) is 0 Å². The van der Waals surface area contributed by atoms with E-state index < -0.39 is 0 Å². The van der Waals surface area contributed by atoms with Crippen LogP contribution in [-0.4, -0.2) is 12.4 Å². The SMILES string of the molecule is COC(c1ccc(Br)cc1F)C(C)SN. The van der Waals surface area contributed by atoms with E-state index in [4.69, 9.17) is 9.88 Å². The molecule has 0 amide bonds. The summed E-state index contributed by atoms with van der Waals surface area (Å²) in [7, 11) is 1.55. The third-order valence-corrected chi connectivity index (χ3v) is 3.33. The van der Waals surface area contributed by atoms with Gasteiger partial charge in [0.25, 0.3) is 0 Å². The van der Waals surface area contributed by atoms with Crippen LogP contribution in [0.3, 0.4) is 0 Å². The first-order valence-electron chi connectivity index (χ1n) is 4.43. The van der Waals surface area contributed by atoms with Crippen molar-refractivity contribution >= 4 is 27.9 Å². The number of hydrogen-bond acceptors (Lipinski definition) is 3. The molecule has 84 valence electrons. The number of nitrogens with two attached hydrogens (primary N) is 1. The standard InChI is InChI=1S/C10H13BrFNOS/c1-6(15-13)10(14-2)8-4-3-7(11)5-9(8)12/h3-6,10H,13H2,1-2H3. The van der Waals surface area contributed by atoms with Crippen LogP contribution in [0.5, 0.6) is 0 Å². The zero-order valence-electron chi connectivity index (χ0n) is 8.54. The van der Waals surface area contributed by atoms with Crippen LogP contribution in [-0.2, 0) is 4.74 Å². The fourth-order valence-corrected chi connectivity index (χ4v) is 2.11. The average Bonchev–Trinajstić information content (AvgIpc) is 2.21. The molecular weight excluding hydrogens is 281 g/mol. The largest absolute Gasteiger partial charge is 0.375 e. The van der Waals surface area contributed by atoms with E-state index in [-0.39, 0.29) is 17.2 Å². The highest BCUT2D eigenvalue weighted by molar-refractivity contribution is 9.10. The second-order valence-electron chi connectivity index (χ2n) is 3.16. The van der Waals surface area contributed by atoms with Crippen LogP contribution in [0.2, 0.25) is 0 Å². The van der Waals surface area contributed by atoms with Crippen molar-refractivity contribution in [3.63, 3.8) is 0 Å². The molecular formula is C10H13BrFNOS. The summed E-state index contributed by atoms with van der Waals surface area (Å²) in [5, 5.41) is 5.48. The van der Waals surface area contributed by atoms with Crippen LogP contribution in [0, 0.1) is 5.82 Å². The maximum Gasteiger partial charge on any atom is 0.130 e. The molecule has 0 spiro atoms.